The highest BCUT2D eigenvalue weighted by atomic mass is 16.5. The van der Waals surface area contributed by atoms with Gasteiger partial charge in [-0.15, -0.1) is 0 Å². The molecule has 1 heterocycles. The number of anilines is 1. The topological polar surface area (TPSA) is 66.9 Å². The number of hydrogen-bond acceptors (Lipinski definition) is 4. The number of amides is 3. The Morgan fingerprint density at radius 3 is 2.19 bits per heavy atom. The number of carbonyl (C=O) groups excluding carboxylic acids is 3. The molecule has 0 saturated carbocycles. The number of benzene rings is 4. The monoisotopic (exact) mass is 478 g/mol. The van der Waals surface area contributed by atoms with E-state index in [1.54, 1.807) is 48.4 Å². The highest BCUT2D eigenvalue weighted by molar-refractivity contribution is 6.25. The van der Waals surface area contributed by atoms with Crippen molar-refractivity contribution in [1.82, 2.24) is 4.90 Å². The van der Waals surface area contributed by atoms with Gasteiger partial charge in [-0.05, 0) is 66.8 Å². The second kappa shape index (κ2) is 9.66. The lowest BCUT2D eigenvalue weighted by atomic mass is 9.94. The molecule has 0 radical (unpaired) electrons. The molecule has 0 aliphatic carbocycles. The molecule has 6 heteroatoms. The van der Waals surface area contributed by atoms with Crippen LogP contribution in [0, 0.1) is 6.92 Å². The number of rotatable bonds is 7. The first-order valence-electron chi connectivity index (χ1n) is 11.9. The predicted molar refractivity (Wildman–Crippen MR) is 140 cm³/mol. The first-order valence-corrected chi connectivity index (χ1v) is 11.9. The van der Waals surface area contributed by atoms with Gasteiger partial charge in [0.25, 0.3) is 17.7 Å². The van der Waals surface area contributed by atoms with Gasteiger partial charge in [-0.2, -0.15) is 0 Å². The van der Waals surface area contributed by atoms with Crippen LogP contribution in [0.3, 0.4) is 0 Å². The number of carbonyl (C=O) groups is 3. The molecular weight excluding hydrogens is 452 g/mol. The maximum atomic E-state index is 13.5. The SMILES string of the molecule is COc1cccc(C(=O)N(CCCN2C(=O)c3cccc4cccc(c34)C2=O)c2cccc(C)c2)c1. The van der Waals surface area contributed by atoms with E-state index in [1.165, 1.54) is 4.90 Å². The smallest absolute Gasteiger partial charge is 0.261 e. The van der Waals surface area contributed by atoms with Crippen LogP contribution in [-0.2, 0) is 0 Å². The summed E-state index contributed by atoms with van der Waals surface area (Å²) in [7, 11) is 1.56. The van der Waals surface area contributed by atoms with E-state index in [4.69, 9.17) is 4.74 Å². The van der Waals surface area contributed by atoms with Gasteiger partial charge in [0, 0.05) is 40.9 Å². The van der Waals surface area contributed by atoms with Gasteiger partial charge in [-0.25, -0.2) is 0 Å². The Labute approximate surface area is 209 Å². The van der Waals surface area contributed by atoms with Crippen molar-refractivity contribution >= 4 is 34.2 Å². The Morgan fingerprint density at radius 2 is 1.53 bits per heavy atom. The molecule has 4 aromatic rings. The molecule has 0 fully saturated rings. The number of ether oxygens (including phenoxy) is 1. The highest BCUT2D eigenvalue weighted by Crippen LogP contribution is 2.30. The van der Waals surface area contributed by atoms with Gasteiger partial charge in [0.05, 0.1) is 7.11 Å². The fourth-order valence-electron chi connectivity index (χ4n) is 4.73. The van der Waals surface area contributed by atoms with Crippen molar-refractivity contribution in [3.05, 3.63) is 107 Å². The van der Waals surface area contributed by atoms with E-state index in [1.807, 2.05) is 55.5 Å². The summed E-state index contributed by atoms with van der Waals surface area (Å²) < 4.78 is 5.29. The molecule has 1 aliphatic heterocycles. The Kier molecular flexibility index (Phi) is 6.25. The van der Waals surface area contributed by atoms with Crippen LogP contribution in [0.2, 0.25) is 0 Å². The van der Waals surface area contributed by atoms with Crippen LogP contribution >= 0.6 is 0 Å². The van der Waals surface area contributed by atoms with Gasteiger partial charge < -0.3 is 9.64 Å². The highest BCUT2D eigenvalue weighted by Gasteiger charge is 2.32. The summed E-state index contributed by atoms with van der Waals surface area (Å²) in [5.41, 5.74) is 3.36. The number of nitrogens with zero attached hydrogens (tertiary/aromatic N) is 2. The minimum absolute atomic E-state index is 0.175. The Bertz CT molecular complexity index is 1440. The van der Waals surface area contributed by atoms with E-state index in [-0.39, 0.29) is 24.3 Å². The molecule has 6 nitrogen and oxygen atoms in total. The normalized spacial score (nSPS) is 12.7. The zero-order valence-corrected chi connectivity index (χ0v) is 20.2. The summed E-state index contributed by atoms with van der Waals surface area (Å²) in [4.78, 5) is 43.0. The summed E-state index contributed by atoms with van der Waals surface area (Å²) in [5, 5.41) is 1.58. The Balaban J connectivity index is 1.39. The van der Waals surface area contributed by atoms with Gasteiger partial charge in [0.2, 0.25) is 0 Å². The third-order valence-corrected chi connectivity index (χ3v) is 6.49. The molecule has 0 spiro atoms. The third-order valence-electron chi connectivity index (χ3n) is 6.49. The lowest BCUT2D eigenvalue weighted by Crippen LogP contribution is -2.42. The van der Waals surface area contributed by atoms with Gasteiger partial charge in [-0.3, -0.25) is 19.3 Å². The molecule has 180 valence electrons. The molecule has 0 atom stereocenters. The van der Waals surface area contributed by atoms with Gasteiger partial charge >= 0.3 is 0 Å². The molecule has 0 saturated heterocycles. The lowest BCUT2D eigenvalue weighted by molar-refractivity contribution is 0.0610. The minimum Gasteiger partial charge on any atom is -0.497 e. The zero-order valence-electron chi connectivity index (χ0n) is 20.2. The number of aryl methyl sites for hydroxylation is 1. The maximum absolute atomic E-state index is 13.5. The first-order chi connectivity index (χ1) is 17.5. The van der Waals surface area contributed by atoms with Crippen molar-refractivity contribution < 1.29 is 19.1 Å². The fourth-order valence-corrected chi connectivity index (χ4v) is 4.73. The van der Waals surface area contributed by atoms with Crippen LogP contribution in [0.15, 0.2) is 84.9 Å². The lowest BCUT2D eigenvalue weighted by Gasteiger charge is -2.29. The number of imide groups is 1. The minimum atomic E-state index is -0.300. The van der Waals surface area contributed by atoms with E-state index >= 15 is 0 Å². The third kappa shape index (κ3) is 4.22. The van der Waals surface area contributed by atoms with Crippen molar-refractivity contribution in [2.45, 2.75) is 13.3 Å². The van der Waals surface area contributed by atoms with Crippen molar-refractivity contribution in [2.75, 3.05) is 25.1 Å². The molecule has 0 unspecified atom stereocenters. The molecule has 0 N–H and O–H groups in total. The molecule has 4 aromatic carbocycles. The van der Waals surface area contributed by atoms with Crippen molar-refractivity contribution in [3.63, 3.8) is 0 Å². The summed E-state index contributed by atoms with van der Waals surface area (Å²) in [6.45, 7) is 2.51. The summed E-state index contributed by atoms with van der Waals surface area (Å²) in [6, 6.07) is 25.8. The number of methoxy groups -OCH3 is 1. The van der Waals surface area contributed by atoms with Gasteiger partial charge in [0.1, 0.15) is 5.75 Å². The molecule has 0 bridgehead atoms. The quantitative estimate of drug-likeness (QED) is 0.330. The Hall–Kier alpha value is -4.45. The van der Waals surface area contributed by atoms with Crippen LogP contribution in [0.5, 0.6) is 5.75 Å². The Morgan fingerprint density at radius 1 is 0.861 bits per heavy atom. The van der Waals surface area contributed by atoms with Crippen LogP contribution in [-0.4, -0.2) is 42.8 Å². The number of hydrogen-bond donors (Lipinski definition) is 0. The first kappa shape index (κ1) is 23.3. The van der Waals surface area contributed by atoms with Crippen LogP contribution in [0.1, 0.15) is 43.1 Å². The average molecular weight is 479 g/mol. The van der Waals surface area contributed by atoms with E-state index in [0.717, 1.165) is 16.6 Å². The molecule has 0 aromatic heterocycles. The zero-order chi connectivity index (χ0) is 25.2. The van der Waals surface area contributed by atoms with Crippen molar-refractivity contribution in [2.24, 2.45) is 0 Å². The molecule has 1 aliphatic rings. The predicted octanol–water partition coefficient (Wildman–Crippen LogP) is 5.49. The fraction of sp³-hybridized carbons (Fsp3) is 0.167. The van der Waals surface area contributed by atoms with Crippen molar-refractivity contribution in [1.29, 1.82) is 0 Å². The maximum Gasteiger partial charge on any atom is 0.261 e. The summed E-state index contributed by atoms with van der Waals surface area (Å²) in [6.07, 6.45) is 0.430. The van der Waals surface area contributed by atoms with E-state index in [2.05, 4.69) is 0 Å². The van der Waals surface area contributed by atoms with E-state index < -0.39 is 0 Å². The van der Waals surface area contributed by atoms with Crippen LogP contribution in [0.25, 0.3) is 10.8 Å². The molecule has 36 heavy (non-hydrogen) atoms. The second-order valence-electron chi connectivity index (χ2n) is 8.85. The second-order valence-corrected chi connectivity index (χ2v) is 8.85. The van der Waals surface area contributed by atoms with Crippen molar-refractivity contribution in [3.8, 4) is 5.75 Å². The van der Waals surface area contributed by atoms with Gasteiger partial charge in [0.15, 0.2) is 0 Å². The largest absolute Gasteiger partial charge is 0.497 e. The van der Waals surface area contributed by atoms with E-state index in [9.17, 15) is 14.4 Å². The summed E-state index contributed by atoms with van der Waals surface area (Å²) >= 11 is 0. The molecule has 3 amide bonds. The molecule has 5 rings (SSSR count). The van der Waals surface area contributed by atoms with Crippen LogP contribution in [0.4, 0.5) is 5.69 Å². The molecular formula is C30H26N2O4. The van der Waals surface area contributed by atoms with Gasteiger partial charge in [-0.1, -0.05) is 42.5 Å². The van der Waals surface area contributed by atoms with Crippen LogP contribution < -0.4 is 9.64 Å². The standard InChI is InChI=1S/C30H26N2O4/c1-20-8-3-12-23(18-20)31(28(33)22-11-4-13-24(19-22)36-2)16-7-17-32-29(34)25-14-5-9-21-10-6-15-26(27(21)25)30(32)35/h3-6,8-15,18-19H,7,16-17H2,1-2H3. The summed E-state index contributed by atoms with van der Waals surface area (Å²) in [5.74, 6) is -0.177. The van der Waals surface area contributed by atoms with E-state index in [0.29, 0.717) is 40.8 Å². The average Bonchev–Trinajstić information content (AvgIpc) is 2.91.